The van der Waals surface area contributed by atoms with E-state index in [-0.39, 0.29) is 11.5 Å². The first kappa shape index (κ1) is 24.5. The van der Waals surface area contributed by atoms with Crippen molar-refractivity contribution in [1.29, 1.82) is 0 Å². The minimum Gasteiger partial charge on any atom is -0.491 e. The van der Waals surface area contributed by atoms with Gasteiger partial charge in [-0.05, 0) is 60.9 Å². The molecule has 2 aromatic carbocycles. The lowest BCUT2D eigenvalue weighted by Gasteiger charge is -2.14. The predicted molar refractivity (Wildman–Crippen MR) is 137 cm³/mol. The first-order chi connectivity index (χ1) is 18.1. The van der Waals surface area contributed by atoms with E-state index < -0.39 is 0 Å². The van der Waals surface area contributed by atoms with Crippen LogP contribution in [0.15, 0.2) is 76.2 Å². The summed E-state index contributed by atoms with van der Waals surface area (Å²) in [4.78, 5) is 31.5. The van der Waals surface area contributed by atoms with Crippen molar-refractivity contribution in [3.05, 3.63) is 88.3 Å². The Morgan fingerprint density at radius 1 is 1.00 bits per heavy atom. The molecular weight excluding hydrogens is 472 g/mol. The largest absolute Gasteiger partial charge is 0.491 e. The Labute approximate surface area is 214 Å². The van der Waals surface area contributed by atoms with Crippen molar-refractivity contribution < 1.29 is 18.8 Å². The van der Waals surface area contributed by atoms with E-state index in [0.717, 1.165) is 42.8 Å². The van der Waals surface area contributed by atoms with Crippen LogP contribution in [0.4, 0.5) is 0 Å². The molecular formula is C28H28N4O5. The molecule has 0 unspecified atom stereocenters. The molecule has 37 heavy (non-hydrogen) atoms. The maximum Gasteiger partial charge on any atom is 0.258 e. The number of benzene rings is 2. The van der Waals surface area contributed by atoms with Gasteiger partial charge in [0.2, 0.25) is 5.82 Å². The lowest BCUT2D eigenvalue weighted by Crippen LogP contribution is -2.27. The number of nitrogens with zero attached hydrogens (tertiary/aromatic N) is 4. The molecule has 0 N–H and O–H groups in total. The van der Waals surface area contributed by atoms with Crippen molar-refractivity contribution in [2.45, 2.75) is 19.4 Å². The van der Waals surface area contributed by atoms with Crippen molar-refractivity contribution >= 4 is 5.91 Å². The highest BCUT2D eigenvalue weighted by molar-refractivity contribution is 5.94. The minimum atomic E-state index is -0.142. The Bertz CT molecular complexity index is 1420. The maximum atomic E-state index is 12.6. The summed E-state index contributed by atoms with van der Waals surface area (Å²) in [5.41, 5.74) is 2.80. The number of pyridine rings is 1. The number of carbonyl (C=O) groups is 1. The molecule has 0 saturated carbocycles. The molecule has 0 atom stereocenters. The van der Waals surface area contributed by atoms with Crippen LogP contribution in [0.3, 0.4) is 0 Å². The van der Waals surface area contributed by atoms with Crippen LogP contribution < -0.4 is 10.3 Å². The lowest BCUT2D eigenvalue weighted by atomic mass is 10.1. The van der Waals surface area contributed by atoms with E-state index in [4.69, 9.17) is 14.0 Å². The second kappa shape index (κ2) is 11.2. The molecule has 1 aliphatic rings. The Morgan fingerprint density at radius 3 is 2.57 bits per heavy atom. The highest BCUT2D eigenvalue weighted by Gasteiger charge is 2.20. The third-order valence-corrected chi connectivity index (χ3v) is 6.25. The van der Waals surface area contributed by atoms with Crippen molar-refractivity contribution in [1.82, 2.24) is 19.6 Å². The zero-order valence-electron chi connectivity index (χ0n) is 20.6. The number of rotatable bonds is 9. The second-order valence-corrected chi connectivity index (χ2v) is 8.87. The Balaban J connectivity index is 1.31. The Kier molecular flexibility index (Phi) is 7.41. The van der Waals surface area contributed by atoms with Gasteiger partial charge >= 0.3 is 0 Å². The van der Waals surface area contributed by atoms with Gasteiger partial charge in [-0.2, -0.15) is 4.98 Å². The van der Waals surface area contributed by atoms with Crippen LogP contribution in [0.1, 0.15) is 28.8 Å². The van der Waals surface area contributed by atoms with Gasteiger partial charge in [-0.3, -0.25) is 9.59 Å². The second-order valence-electron chi connectivity index (χ2n) is 8.87. The van der Waals surface area contributed by atoms with Crippen LogP contribution in [0.5, 0.6) is 5.75 Å². The van der Waals surface area contributed by atoms with Gasteiger partial charge in [0, 0.05) is 49.2 Å². The van der Waals surface area contributed by atoms with Gasteiger partial charge in [-0.1, -0.05) is 17.3 Å². The molecule has 0 bridgehead atoms. The third kappa shape index (κ3) is 5.78. The zero-order chi connectivity index (χ0) is 25.6. The molecule has 1 amide bonds. The summed E-state index contributed by atoms with van der Waals surface area (Å²) in [6.45, 7) is 2.93. The summed E-state index contributed by atoms with van der Waals surface area (Å²) in [6, 6.07) is 18.0. The normalized spacial score (nSPS) is 13.2. The quantitative estimate of drug-likeness (QED) is 0.322. The topological polar surface area (TPSA) is 99.7 Å². The maximum absolute atomic E-state index is 12.6. The summed E-state index contributed by atoms with van der Waals surface area (Å²) < 4.78 is 17.8. The lowest BCUT2D eigenvalue weighted by molar-refractivity contribution is 0.0793. The van der Waals surface area contributed by atoms with E-state index in [1.807, 2.05) is 41.3 Å². The monoisotopic (exact) mass is 500 g/mol. The summed E-state index contributed by atoms with van der Waals surface area (Å²) in [6.07, 6.45) is 3.82. The highest BCUT2D eigenvalue weighted by atomic mass is 16.5. The van der Waals surface area contributed by atoms with Gasteiger partial charge in [-0.15, -0.1) is 0 Å². The Hall–Kier alpha value is -4.24. The van der Waals surface area contributed by atoms with Crippen LogP contribution in [-0.2, 0) is 11.3 Å². The average Bonchev–Trinajstić information content (AvgIpc) is 3.63. The minimum absolute atomic E-state index is 0.0459. The molecule has 1 aliphatic heterocycles. The molecule has 5 rings (SSSR count). The first-order valence-corrected chi connectivity index (χ1v) is 12.3. The van der Waals surface area contributed by atoms with Crippen LogP contribution >= 0.6 is 0 Å². The molecule has 4 aromatic rings. The number of likely N-dealkylation sites (tertiary alicyclic amines) is 1. The molecule has 9 heteroatoms. The fourth-order valence-corrected chi connectivity index (χ4v) is 4.28. The zero-order valence-corrected chi connectivity index (χ0v) is 20.6. The van der Waals surface area contributed by atoms with Crippen molar-refractivity contribution in [2.24, 2.45) is 0 Å². The highest BCUT2D eigenvalue weighted by Crippen LogP contribution is 2.23. The smallest absolute Gasteiger partial charge is 0.258 e. The number of hydrogen-bond acceptors (Lipinski definition) is 7. The fraction of sp³-hybridized carbons (Fsp3) is 0.286. The average molecular weight is 501 g/mol. The molecule has 3 heterocycles. The van der Waals surface area contributed by atoms with Crippen LogP contribution in [0.2, 0.25) is 0 Å². The number of carbonyl (C=O) groups excluding carboxylic acids is 1. The number of hydrogen-bond donors (Lipinski definition) is 0. The van der Waals surface area contributed by atoms with Crippen LogP contribution in [0.25, 0.3) is 22.8 Å². The van der Waals surface area contributed by atoms with Crippen LogP contribution in [-0.4, -0.2) is 58.9 Å². The summed E-state index contributed by atoms with van der Waals surface area (Å²) in [7, 11) is 1.63. The van der Waals surface area contributed by atoms with Gasteiger partial charge in [0.05, 0.1) is 13.2 Å². The van der Waals surface area contributed by atoms with Crippen molar-refractivity contribution in [2.75, 3.05) is 33.4 Å². The number of methoxy groups -OCH3 is 1. The molecule has 0 spiro atoms. The van der Waals surface area contributed by atoms with Gasteiger partial charge in [-0.25, -0.2) is 0 Å². The van der Waals surface area contributed by atoms with E-state index in [1.165, 1.54) is 6.07 Å². The standard InChI is InChI=1S/C28H28N4O5/c1-35-15-16-36-24-6-4-5-20(17-24)18-32-19-23(11-12-25(32)33)26-29-27(37-30-26)21-7-9-22(10-8-21)28(34)31-13-2-3-14-31/h4-12,17,19H,2-3,13-16,18H2,1H3. The molecule has 9 nitrogen and oxygen atoms in total. The van der Waals surface area contributed by atoms with Gasteiger partial charge < -0.3 is 23.5 Å². The summed E-state index contributed by atoms with van der Waals surface area (Å²) >= 11 is 0. The fourth-order valence-electron chi connectivity index (χ4n) is 4.28. The van der Waals surface area contributed by atoms with E-state index in [2.05, 4.69) is 10.1 Å². The SMILES string of the molecule is COCCOc1cccc(Cn2cc(-c3noc(-c4ccc(C(=O)N5CCCC5)cc4)n3)ccc2=O)c1. The predicted octanol–water partition coefficient (Wildman–Crippen LogP) is 3.87. The molecule has 0 radical (unpaired) electrons. The summed E-state index contributed by atoms with van der Waals surface area (Å²) in [5.74, 6) is 1.48. The summed E-state index contributed by atoms with van der Waals surface area (Å²) in [5, 5.41) is 4.11. The molecule has 0 aliphatic carbocycles. The number of ether oxygens (including phenoxy) is 2. The Morgan fingerprint density at radius 2 is 1.78 bits per heavy atom. The van der Waals surface area contributed by atoms with Gasteiger partial charge in [0.25, 0.3) is 17.4 Å². The van der Waals surface area contributed by atoms with E-state index in [1.54, 1.807) is 36.1 Å². The number of aromatic nitrogens is 3. The van der Waals surface area contributed by atoms with Gasteiger partial charge in [0.1, 0.15) is 12.4 Å². The molecule has 190 valence electrons. The molecule has 2 aromatic heterocycles. The van der Waals surface area contributed by atoms with Gasteiger partial charge in [0.15, 0.2) is 0 Å². The number of amides is 1. The first-order valence-electron chi connectivity index (χ1n) is 12.3. The van der Waals surface area contributed by atoms with E-state index in [9.17, 15) is 9.59 Å². The molecule has 1 fully saturated rings. The van der Waals surface area contributed by atoms with Crippen molar-refractivity contribution in [3.8, 4) is 28.6 Å². The third-order valence-electron chi connectivity index (χ3n) is 6.25. The van der Waals surface area contributed by atoms with E-state index >= 15 is 0 Å². The molecule has 1 saturated heterocycles. The van der Waals surface area contributed by atoms with Crippen molar-refractivity contribution in [3.63, 3.8) is 0 Å². The van der Waals surface area contributed by atoms with E-state index in [0.29, 0.717) is 42.6 Å². The van der Waals surface area contributed by atoms with Crippen LogP contribution in [0, 0.1) is 0 Å².